The highest BCUT2D eigenvalue weighted by molar-refractivity contribution is 5.94. The van der Waals surface area contributed by atoms with Gasteiger partial charge in [0.2, 0.25) is 5.91 Å². The molecule has 0 bridgehead atoms. The van der Waals surface area contributed by atoms with Gasteiger partial charge in [0.25, 0.3) is 11.6 Å². The predicted molar refractivity (Wildman–Crippen MR) is 102 cm³/mol. The topological polar surface area (TPSA) is 128 Å². The predicted octanol–water partition coefficient (Wildman–Crippen LogP) is 2.80. The Bertz CT molecular complexity index is 897. The summed E-state index contributed by atoms with van der Waals surface area (Å²) in [6.07, 6.45) is -0.403. The summed E-state index contributed by atoms with van der Waals surface area (Å²) < 4.78 is 4.85. The average molecular weight is 385 g/mol. The smallest absolute Gasteiger partial charge is 0.306 e. The molecule has 2 rings (SSSR count). The molecule has 0 aliphatic carbocycles. The molecule has 2 N–H and O–H groups in total. The van der Waals surface area contributed by atoms with Crippen LogP contribution in [-0.2, 0) is 19.1 Å². The van der Waals surface area contributed by atoms with Gasteiger partial charge in [-0.1, -0.05) is 24.3 Å². The lowest BCUT2D eigenvalue weighted by Gasteiger charge is -2.09. The molecule has 0 atom stereocenters. The molecule has 0 spiro atoms. The Morgan fingerprint density at radius 1 is 1.00 bits per heavy atom. The molecular formula is C19H19N3O6. The van der Waals surface area contributed by atoms with Crippen molar-refractivity contribution >= 4 is 34.8 Å². The largest absolute Gasteiger partial charge is 0.456 e. The van der Waals surface area contributed by atoms with E-state index in [9.17, 15) is 24.5 Å². The van der Waals surface area contributed by atoms with E-state index in [1.165, 1.54) is 24.3 Å². The minimum Gasteiger partial charge on any atom is -0.456 e. The number of nitro benzene ring substituents is 1. The van der Waals surface area contributed by atoms with Gasteiger partial charge < -0.3 is 15.4 Å². The highest BCUT2D eigenvalue weighted by atomic mass is 16.6. The fourth-order valence-corrected chi connectivity index (χ4v) is 2.25. The molecule has 146 valence electrons. The third-order valence-corrected chi connectivity index (χ3v) is 3.68. The van der Waals surface area contributed by atoms with Crippen LogP contribution in [0.3, 0.4) is 0 Å². The number of rotatable bonds is 8. The van der Waals surface area contributed by atoms with Crippen LogP contribution in [-0.4, -0.2) is 29.3 Å². The summed E-state index contributed by atoms with van der Waals surface area (Å²) >= 11 is 0. The van der Waals surface area contributed by atoms with E-state index in [0.29, 0.717) is 5.69 Å². The normalized spacial score (nSPS) is 10.0. The molecular weight excluding hydrogens is 366 g/mol. The van der Waals surface area contributed by atoms with E-state index < -0.39 is 29.3 Å². The van der Waals surface area contributed by atoms with Crippen molar-refractivity contribution in [3.05, 3.63) is 64.2 Å². The van der Waals surface area contributed by atoms with Gasteiger partial charge in [0, 0.05) is 29.9 Å². The number of hydrogen-bond donors (Lipinski definition) is 2. The minimum absolute atomic E-state index is 0.156. The Morgan fingerprint density at radius 3 is 2.46 bits per heavy atom. The molecule has 0 saturated carbocycles. The Morgan fingerprint density at radius 2 is 1.75 bits per heavy atom. The first kappa shape index (κ1) is 20.6. The molecule has 0 unspecified atom stereocenters. The number of nitrogens with zero attached hydrogens (tertiary/aromatic N) is 1. The number of aryl methyl sites for hydroxylation is 1. The van der Waals surface area contributed by atoms with Crippen LogP contribution < -0.4 is 10.6 Å². The molecule has 9 nitrogen and oxygen atoms in total. The highest BCUT2D eigenvalue weighted by Gasteiger charge is 2.12. The number of ether oxygens (including phenoxy) is 1. The second kappa shape index (κ2) is 9.81. The Kier molecular flexibility index (Phi) is 7.21. The van der Waals surface area contributed by atoms with Gasteiger partial charge in [-0.15, -0.1) is 0 Å². The van der Waals surface area contributed by atoms with Gasteiger partial charge in [-0.2, -0.15) is 0 Å². The van der Waals surface area contributed by atoms with Crippen LogP contribution >= 0.6 is 0 Å². The molecule has 0 radical (unpaired) electrons. The number of esters is 1. The lowest BCUT2D eigenvalue weighted by molar-refractivity contribution is -0.384. The van der Waals surface area contributed by atoms with Crippen molar-refractivity contribution in [1.29, 1.82) is 0 Å². The maximum absolute atomic E-state index is 11.8. The zero-order valence-electron chi connectivity index (χ0n) is 15.1. The molecule has 0 aliphatic heterocycles. The van der Waals surface area contributed by atoms with E-state index in [-0.39, 0.29) is 24.2 Å². The van der Waals surface area contributed by atoms with Crippen LogP contribution in [0, 0.1) is 17.0 Å². The van der Waals surface area contributed by atoms with Gasteiger partial charge in [0.15, 0.2) is 6.61 Å². The van der Waals surface area contributed by atoms with E-state index in [1.807, 2.05) is 19.1 Å². The van der Waals surface area contributed by atoms with E-state index in [4.69, 9.17) is 4.74 Å². The Hall–Kier alpha value is -3.75. The molecule has 28 heavy (non-hydrogen) atoms. The number of nitrogens with one attached hydrogen (secondary N) is 2. The maximum atomic E-state index is 11.8. The molecule has 2 amide bonds. The summed E-state index contributed by atoms with van der Waals surface area (Å²) in [6, 6.07) is 12.6. The summed E-state index contributed by atoms with van der Waals surface area (Å²) in [5.74, 6) is -1.68. The van der Waals surface area contributed by atoms with Crippen molar-refractivity contribution in [3.8, 4) is 0 Å². The maximum Gasteiger partial charge on any atom is 0.306 e. The molecule has 2 aromatic carbocycles. The van der Waals surface area contributed by atoms with Gasteiger partial charge in [0.1, 0.15) is 0 Å². The third-order valence-electron chi connectivity index (χ3n) is 3.68. The number of carbonyl (C=O) groups excluding carboxylic acids is 3. The number of hydrogen-bond acceptors (Lipinski definition) is 6. The van der Waals surface area contributed by atoms with Crippen LogP contribution in [0.5, 0.6) is 0 Å². The van der Waals surface area contributed by atoms with Gasteiger partial charge in [-0.05, 0) is 24.6 Å². The summed E-state index contributed by atoms with van der Waals surface area (Å²) in [4.78, 5) is 45.5. The van der Waals surface area contributed by atoms with E-state index >= 15 is 0 Å². The van der Waals surface area contributed by atoms with Crippen molar-refractivity contribution in [2.75, 3.05) is 17.2 Å². The van der Waals surface area contributed by atoms with Crippen LogP contribution in [0.25, 0.3) is 0 Å². The summed E-state index contributed by atoms with van der Waals surface area (Å²) in [5.41, 5.74) is 1.60. The van der Waals surface area contributed by atoms with Crippen molar-refractivity contribution in [2.24, 2.45) is 0 Å². The first-order valence-corrected chi connectivity index (χ1v) is 8.40. The number of carbonyl (C=O) groups is 3. The van der Waals surface area contributed by atoms with E-state index in [2.05, 4.69) is 10.6 Å². The highest BCUT2D eigenvalue weighted by Crippen LogP contribution is 2.17. The SMILES string of the molecule is Cc1ccccc1NC(=O)COC(=O)CCC(=O)Nc1cccc([N+](=O)[O-])c1. The molecule has 0 fully saturated rings. The van der Waals surface area contributed by atoms with Crippen molar-refractivity contribution < 1.29 is 24.0 Å². The molecule has 2 aromatic rings. The van der Waals surface area contributed by atoms with Gasteiger partial charge in [0.05, 0.1) is 11.3 Å². The first-order valence-electron chi connectivity index (χ1n) is 8.40. The average Bonchev–Trinajstić information content (AvgIpc) is 2.66. The monoisotopic (exact) mass is 385 g/mol. The van der Waals surface area contributed by atoms with Crippen molar-refractivity contribution in [1.82, 2.24) is 0 Å². The lowest BCUT2D eigenvalue weighted by Crippen LogP contribution is -2.22. The zero-order chi connectivity index (χ0) is 20.5. The van der Waals surface area contributed by atoms with E-state index in [0.717, 1.165) is 5.56 Å². The Labute approximate surface area is 160 Å². The Balaban J connectivity index is 1.72. The fraction of sp³-hybridized carbons (Fsp3) is 0.211. The number of benzene rings is 2. The molecule has 9 heteroatoms. The first-order chi connectivity index (χ1) is 13.3. The van der Waals surface area contributed by atoms with Crippen LogP contribution in [0.2, 0.25) is 0 Å². The standard InChI is InChI=1S/C19H19N3O6/c1-13-5-2-3-8-16(13)21-18(24)12-28-19(25)10-9-17(23)20-14-6-4-7-15(11-14)22(26)27/h2-8,11H,9-10,12H2,1H3,(H,20,23)(H,21,24). The number of nitro groups is 1. The number of anilines is 2. The van der Waals surface area contributed by atoms with Crippen LogP contribution in [0.1, 0.15) is 18.4 Å². The molecule has 0 aliphatic rings. The summed E-state index contributed by atoms with van der Waals surface area (Å²) in [6.45, 7) is 1.38. The molecule has 0 heterocycles. The number of amides is 2. The second-order valence-electron chi connectivity index (χ2n) is 5.88. The zero-order valence-corrected chi connectivity index (χ0v) is 15.1. The summed E-state index contributed by atoms with van der Waals surface area (Å²) in [7, 11) is 0. The molecule has 0 aromatic heterocycles. The quantitative estimate of drug-likeness (QED) is 0.408. The number of non-ortho nitro benzene ring substituents is 1. The van der Waals surface area contributed by atoms with Crippen molar-refractivity contribution in [3.63, 3.8) is 0 Å². The fourth-order valence-electron chi connectivity index (χ4n) is 2.25. The third kappa shape index (κ3) is 6.52. The molecule has 0 saturated heterocycles. The lowest BCUT2D eigenvalue weighted by atomic mass is 10.2. The van der Waals surface area contributed by atoms with E-state index in [1.54, 1.807) is 12.1 Å². The van der Waals surface area contributed by atoms with Crippen LogP contribution in [0.15, 0.2) is 48.5 Å². The summed E-state index contributed by atoms with van der Waals surface area (Å²) in [5, 5.41) is 15.8. The van der Waals surface area contributed by atoms with Gasteiger partial charge >= 0.3 is 5.97 Å². The minimum atomic E-state index is -0.700. The van der Waals surface area contributed by atoms with Gasteiger partial charge in [-0.25, -0.2) is 0 Å². The van der Waals surface area contributed by atoms with Crippen LogP contribution in [0.4, 0.5) is 17.1 Å². The van der Waals surface area contributed by atoms with Crippen molar-refractivity contribution in [2.45, 2.75) is 19.8 Å². The second-order valence-corrected chi connectivity index (χ2v) is 5.88. The van der Waals surface area contributed by atoms with Gasteiger partial charge in [-0.3, -0.25) is 24.5 Å². The number of para-hydroxylation sites is 1.